The largest absolute Gasteiger partial charge is 0.495 e. The summed E-state index contributed by atoms with van der Waals surface area (Å²) in [5.41, 5.74) is 3.48. The van der Waals surface area contributed by atoms with Crippen molar-refractivity contribution in [2.45, 2.75) is 20.0 Å². The van der Waals surface area contributed by atoms with Crippen LogP contribution in [0.2, 0.25) is 0 Å². The summed E-state index contributed by atoms with van der Waals surface area (Å²) >= 11 is 0. The summed E-state index contributed by atoms with van der Waals surface area (Å²) in [5, 5.41) is 6.77. The standard InChI is InChI=1S/C14H22N2O2/c1-10-6-11(2)14(13(7-10)17-3)16-9-12-8-15-4-5-18-12/h6-7,12,15-16H,4-5,8-9H2,1-3H3. The van der Waals surface area contributed by atoms with E-state index in [1.165, 1.54) is 11.1 Å². The lowest BCUT2D eigenvalue weighted by Crippen LogP contribution is -2.42. The molecule has 2 N–H and O–H groups in total. The molecule has 0 spiro atoms. The Morgan fingerprint density at radius 2 is 2.28 bits per heavy atom. The Morgan fingerprint density at radius 1 is 1.44 bits per heavy atom. The van der Waals surface area contributed by atoms with Crippen LogP contribution in [-0.4, -0.2) is 39.5 Å². The highest BCUT2D eigenvalue weighted by molar-refractivity contribution is 5.63. The van der Waals surface area contributed by atoms with Crippen molar-refractivity contribution in [2.75, 3.05) is 38.7 Å². The lowest BCUT2D eigenvalue weighted by atomic mass is 10.1. The Labute approximate surface area is 109 Å². The van der Waals surface area contributed by atoms with Gasteiger partial charge in [0.25, 0.3) is 0 Å². The second-order valence-electron chi connectivity index (χ2n) is 4.74. The van der Waals surface area contributed by atoms with Crippen LogP contribution >= 0.6 is 0 Å². The fourth-order valence-corrected chi connectivity index (χ4v) is 2.28. The minimum Gasteiger partial charge on any atom is -0.495 e. The zero-order valence-electron chi connectivity index (χ0n) is 11.4. The number of benzene rings is 1. The first-order valence-corrected chi connectivity index (χ1v) is 6.42. The molecule has 1 aromatic carbocycles. The van der Waals surface area contributed by atoms with Gasteiger partial charge < -0.3 is 20.1 Å². The minimum absolute atomic E-state index is 0.226. The molecule has 1 unspecified atom stereocenters. The molecule has 1 aromatic rings. The van der Waals surface area contributed by atoms with E-state index in [2.05, 4.69) is 36.6 Å². The summed E-state index contributed by atoms with van der Waals surface area (Å²) in [6.07, 6.45) is 0.226. The highest BCUT2D eigenvalue weighted by Crippen LogP contribution is 2.29. The van der Waals surface area contributed by atoms with Crippen LogP contribution in [0.4, 0.5) is 5.69 Å². The molecule has 0 aromatic heterocycles. The summed E-state index contributed by atoms with van der Waals surface area (Å²) < 4.78 is 11.1. The molecule has 4 nitrogen and oxygen atoms in total. The molecule has 0 bridgehead atoms. The molecular weight excluding hydrogens is 228 g/mol. The van der Waals surface area contributed by atoms with Crippen molar-refractivity contribution in [3.8, 4) is 5.75 Å². The predicted octanol–water partition coefficient (Wildman–Crippen LogP) is 1.71. The van der Waals surface area contributed by atoms with E-state index in [0.29, 0.717) is 0 Å². The SMILES string of the molecule is COc1cc(C)cc(C)c1NCC1CNCCO1. The molecule has 4 heteroatoms. The first-order valence-electron chi connectivity index (χ1n) is 6.42. The number of ether oxygens (including phenoxy) is 2. The van der Waals surface area contributed by atoms with E-state index in [9.17, 15) is 0 Å². The van der Waals surface area contributed by atoms with Gasteiger partial charge in [-0.05, 0) is 31.0 Å². The van der Waals surface area contributed by atoms with Crippen molar-refractivity contribution >= 4 is 5.69 Å². The first-order chi connectivity index (χ1) is 8.70. The van der Waals surface area contributed by atoms with Crippen LogP contribution in [0.5, 0.6) is 5.75 Å². The van der Waals surface area contributed by atoms with Crippen molar-refractivity contribution in [3.63, 3.8) is 0 Å². The Hall–Kier alpha value is -1.26. The second-order valence-corrected chi connectivity index (χ2v) is 4.74. The molecule has 1 heterocycles. The number of methoxy groups -OCH3 is 1. The van der Waals surface area contributed by atoms with Gasteiger partial charge in [-0.3, -0.25) is 0 Å². The number of hydrogen-bond donors (Lipinski definition) is 2. The van der Waals surface area contributed by atoms with Gasteiger partial charge in [0.15, 0.2) is 0 Å². The second kappa shape index (κ2) is 6.07. The highest BCUT2D eigenvalue weighted by Gasteiger charge is 2.14. The highest BCUT2D eigenvalue weighted by atomic mass is 16.5. The van der Waals surface area contributed by atoms with E-state index in [0.717, 1.165) is 37.7 Å². The van der Waals surface area contributed by atoms with Crippen LogP contribution in [0.1, 0.15) is 11.1 Å². The monoisotopic (exact) mass is 250 g/mol. The third-order valence-corrected chi connectivity index (χ3v) is 3.17. The zero-order chi connectivity index (χ0) is 13.0. The predicted molar refractivity (Wildman–Crippen MR) is 73.6 cm³/mol. The van der Waals surface area contributed by atoms with E-state index in [4.69, 9.17) is 9.47 Å². The number of morpholine rings is 1. The summed E-state index contributed by atoms with van der Waals surface area (Å²) in [6.45, 7) is 7.61. The van der Waals surface area contributed by atoms with Crippen LogP contribution in [0.25, 0.3) is 0 Å². The molecule has 0 saturated carbocycles. The maximum absolute atomic E-state index is 5.67. The quantitative estimate of drug-likeness (QED) is 0.854. The lowest BCUT2D eigenvalue weighted by Gasteiger charge is -2.25. The van der Waals surface area contributed by atoms with Gasteiger partial charge in [-0.1, -0.05) is 6.07 Å². The number of rotatable bonds is 4. The summed E-state index contributed by atoms with van der Waals surface area (Å²) in [7, 11) is 1.71. The fourth-order valence-electron chi connectivity index (χ4n) is 2.28. The summed E-state index contributed by atoms with van der Waals surface area (Å²) in [5.74, 6) is 0.899. The molecule has 100 valence electrons. The van der Waals surface area contributed by atoms with Crippen molar-refractivity contribution in [2.24, 2.45) is 0 Å². The third kappa shape index (κ3) is 3.15. The summed E-state index contributed by atoms with van der Waals surface area (Å²) in [4.78, 5) is 0. The number of anilines is 1. The van der Waals surface area contributed by atoms with E-state index in [-0.39, 0.29) is 6.10 Å². The maximum atomic E-state index is 5.67. The van der Waals surface area contributed by atoms with Gasteiger partial charge in [0.05, 0.1) is 25.5 Å². The number of aryl methyl sites for hydroxylation is 2. The number of hydrogen-bond acceptors (Lipinski definition) is 4. The maximum Gasteiger partial charge on any atom is 0.142 e. The van der Waals surface area contributed by atoms with Gasteiger partial charge in [0.2, 0.25) is 0 Å². The fraction of sp³-hybridized carbons (Fsp3) is 0.571. The summed E-state index contributed by atoms with van der Waals surface area (Å²) in [6, 6.07) is 4.21. The molecule has 0 amide bonds. The van der Waals surface area contributed by atoms with E-state index in [1.54, 1.807) is 7.11 Å². The Morgan fingerprint density at radius 3 is 2.94 bits per heavy atom. The first kappa shape index (κ1) is 13.2. The third-order valence-electron chi connectivity index (χ3n) is 3.17. The van der Waals surface area contributed by atoms with Crippen LogP contribution in [0.3, 0.4) is 0 Å². The van der Waals surface area contributed by atoms with Gasteiger partial charge in [-0.2, -0.15) is 0 Å². The Bertz CT molecular complexity index is 401. The van der Waals surface area contributed by atoms with Crippen LogP contribution in [0.15, 0.2) is 12.1 Å². The van der Waals surface area contributed by atoms with E-state index < -0.39 is 0 Å². The van der Waals surface area contributed by atoms with Gasteiger partial charge in [0.1, 0.15) is 5.75 Å². The van der Waals surface area contributed by atoms with Gasteiger partial charge in [-0.25, -0.2) is 0 Å². The topological polar surface area (TPSA) is 42.5 Å². The molecule has 0 aliphatic carbocycles. The zero-order valence-corrected chi connectivity index (χ0v) is 11.4. The minimum atomic E-state index is 0.226. The normalized spacial score (nSPS) is 19.6. The average molecular weight is 250 g/mol. The molecule has 0 radical (unpaired) electrons. The molecule has 1 aliphatic heterocycles. The van der Waals surface area contributed by atoms with Crippen molar-refractivity contribution in [1.82, 2.24) is 5.32 Å². The molecule has 2 rings (SSSR count). The van der Waals surface area contributed by atoms with Crippen LogP contribution in [-0.2, 0) is 4.74 Å². The van der Waals surface area contributed by atoms with Gasteiger partial charge in [0, 0.05) is 19.6 Å². The molecule has 18 heavy (non-hydrogen) atoms. The average Bonchev–Trinajstić information content (AvgIpc) is 2.38. The van der Waals surface area contributed by atoms with Crippen molar-refractivity contribution < 1.29 is 9.47 Å². The molecule has 1 aliphatic rings. The number of nitrogens with one attached hydrogen (secondary N) is 2. The van der Waals surface area contributed by atoms with Crippen molar-refractivity contribution in [1.29, 1.82) is 0 Å². The van der Waals surface area contributed by atoms with Crippen LogP contribution < -0.4 is 15.4 Å². The molecular formula is C14H22N2O2. The van der Waals surface area contributed by atoms with Crippen molar-refractivity contribution in [3.05, 3.63) is 23.3 Å². The van der Waals surface area contributed by atoms with Gasteiger partial charge in [-0.15, -0.1) is 0 Å². The lowest BCUT2D eigenvalue weighted by molar-refractivity contribution is 0.0372. The van der Waals surface area contributed by atoms with Gasteiger partial charge >= 0.3 is 0 Å². The van der Waals surface area contributed by atoms with E-state index in [1.807, 2.05) is 0 Å². The smallest absolute Gasteiger partial charge is 0.142 e. The Balaban J connectivity index is 2.03. The molecule has 1 atom stereocenters. The van der Waals surface area contributed by atoms with E-state index >= 15 is 0 Å². The molecule has 1 fully saturated rings. The molecule has 1 saturated heterocycles. The van der Waals surface area contributed by atoms with Crippen LogP contribution in [0, 0.1) is 13.8 Å². The Kier molecular flexibility index (Phi) is 4.44.